The molecule has 1 N–H and O–H groups in total. The van der Waals surface area contributed by atoms with Crippen molar-refractivity contribution in [1.29, 1.82) is 5.26 Å². The first-order valence-corrected chi connectivity index (χ1v) is 12.3. The Morgan fingerprint density at radius 1 is 0.865 bits per heavy atom. The summed E-state index contributed by atoms with van der Waals surface area (Å²) in [5.74, 6) is 2.49. The number of fused-ring (bicyclic) bond motifs is 1. The number of anilines is 2. The summed E-state index contributed by atoms with van der Waals surface area (Å²) in [5.41, 5.74) is 8.98. The Balaban J connectivity index is 1.62. The van der Waals surface area contributed by atoms with Gasteiger partial charge in [0, 0.05) is 23.1 Å². The molecule has 0 saturated carbocycles. The van der Waals surface area contributed by atoms with Crippen molar-refractivity contribution in [2.45, 2.75) is 48.0 Å². The zero-order valence-corrected chi connectivity index (χ0v) is 22.0. The van der Waals surface area contributed by atoms with Gasteiger partial charge in [0.15, 0.2) is 11.6 Å². The molecule has 0 unspecified atom stereocenters. The highest BCUT2D eigenvalue weighted by molar-refractivity contribution is 5.86. The Labute approximate surface area is 216 Å². The van der Waals surface area contributed by atoms with Gasteiger partial charge in [-0.15, -0.1) is 0 Å². The highest BCUT2D eigenvalue weighted by Crippen LogP contribution is 2.30. The summed E-state index contributed by atoms with van der Waals surface area (Å²) in [6.07, 6.45) is 2.22. The van der Waals surface area contributed by atoms with Gasteiger partial charge < -0.3 is 5.32 Å². The van der Waals surface area contributed by atoms with E-state index in [2.05, 4.69) is 85.6 Å². The smallest absolute Gasteiger partial charge is 0.156 e. The normalized spacial score (nSPS) is 11.1. The Morgan fingerprint density at radius 2 is 1.62 bits per heavy atom. The summed E-state index contributed by atoms with van der Waals surface area (Å²) in [4.78, 5) is 14.3. The van der Waals surface area contributed by atoms with Crippen LogP contribution in [0, 0.1) is 52.9 Å². The van der Waals surface area contributed by atoms with E-state index in [0.29, 0.717) is 35.3 Å². The molecule has 0 aliphatic rings. The first kappa shape index (κ1) is 24.1. The molecule has 0 spiro atoms. The van der Waals surface area contributed by atoms with Gasteiger partial charge in [-0.25, -0.2) is 15.0 Å². The standard InChI is InChI=1S/C30H29N7/c1-17-7-9-23(10-8-17)14-26-21(5)33-22(6)34-29(26)36-30-24(15-31)16-32-37(30)27-13-19(3)25-12-18(2)11-20(4)28(25)35-27/h7-13,16H,14H2,1-6H3,(H,33,34,36). The number of aryl methyl sites for hydroxylation is 6. The molecule has 0 bridgehead atoms. The number of rotatable bonds is 5. The molecule has 5 aromatic rings. The lowest BCUT2D eigenvalue weighted by molar-refractivity contribution is 0.855. The van der Waals surface area contributed by atoms with E-state index in [1.165, 1.54) is 11.1 Å². The van der Waals surface area contributed by atoms with E-state index in [1.807, 2.05) is 19.9 Å². The molecule has 7 nitrogen and oxygen atoms in total. The van der Waals surface area contributed by atoms with Gasteiger partial charge >= 0.3 is 0 Å². The van der Waals surface area contributed by atoms with E-state index in [0.717, 1.165) is 38.9 Å². The molecule has 0 radical (unpaired) electrons. The number of nitrogens with one attached hydrogen (secondary N) is 1. The van der Waals surface area contributed by atoms with Gasteiger partial charge in [0.25, 0.3) is 0 Å². The van der Waals surface area contributed by atoms with Crippen LogP contribution in [0.5, 0.6) is 0 Å². The predicted octanol–water partition coefficient (Wildman–Crippen LogP) is 6.27. The molecule has 184 valence electrons. The van der Waals surface area contributed by atoms with Crippen molar-refractivity contribution in [1.82, 2.24) is 24.7 Å². The minimum Gasteiger partial charge on any atom is -0.323 e. The van der Waals surface area contributed by atoms with E-state index in [4.69, 9.17) is 9.97 Å². The first-order valence-electron chi connectivity index (χ1n) is 12.3. The van der Waals surface area contributed by atoms with Crippen LogP contribution in [0.4, 0.5) is 11.6 Å². The van der Waals surface area contributed by atoms with Gasteiger partial charge in [0.05, 0.1) is 11.7 Å². The van der Waals surface area contributed by atoms with E-state index in [-0.39, 0.29) is 0 Å². The predicted molar refractivity (Wildman–Crippen MR) is 147 cm³/mol. The zero-order chi connectivity index (χ0) is 26.3. The molecule has 7 heteroatoms. The summed E-state index contributed by atoms with van der Waals surface area (Å²) in [6.45, 7) is 12.2. The molecule has 0 atom stereocenters. The second-order valence-electron chi connectivity index (χ2n) is 9.68. The fourth-order valence-electron chi connectivity index (χ4n) is 4.73. The highest BCUT2D eigenvalue weighted by Gasteiger charge is 2.19. The van der Waals surface area contributed by atoms with Crippen LogP contribution < -0.4 is 5.32 Å². The fourth-order valence-corrected chi connectivity index (χ4v) is 4.73. The number of aromatic nitrogens is 5. The van der Waals surface area contributed by atoms with Gasteiger partial charge in [0.2, 0.25) is 0 Å². The Bertz CT molecular complexity index is 1690. The number of hydrogen-bond donors (Lipinski definition) is 1. The zero-order valence-electron chi connectivity index (χ0n) is 22.0. The molecule has 0 aliphatic heterocycles. The van der Waals surface area contributed by atoms with Gasteiger partial charge in [0.1, 0.15) is 23.3 Å². The molecule has 3 aromatic heterocycles. The van der Waals surface area contributed by atoms with Crippen LogP contribution in [0.1, 0.15) is 50.5 Å². The maximum absolute atomic E-state index is 9.90. The van der Waals surface area contributed by atoms with Crippen LogP contribution in [0.3, 0.4) is 0 Å². The van der Waals surface area contributed by atoms with Crippen LogP contribution in [-0.2, 0) is 6.42 Å². The fraction of sp³-hybridized carbons (Fsp3) is 0.233. The molecule has 37 heavy (non-hydrogen) atoms. The lowest BCUT2D eigenvalue weighted by atomic mass is 10.0. The Morgan fingerprint density at radius 3 is 2.35 bits per heavy atom. The molecule has 5 rings (SSSR count). The number of nitriles is 1. The van der Waals surface area contributed by atoms with E-state index >= 15 is 0 Å². The van der Waals surface area contributed by atoms with Crippen LogP contribution in [0.15, 0.2) is 48.7 Å². The lowest BCUT2D eigenvalue weighted by Crippen LogP contribution is -2.11. The van der Waals surface area contributed by atoms with Crippen LogP contribution >= 0.6 is 0 Å². The third-order valence-electron chi connectivity index (χ3n) is 6.61. The molecule has 0 saturated heterocycles. The summed E-state index contributed by atoms with van der Waals surface area (Å²) in [5, 5.41) is 19.0. The van der Waals surface area contributed by atoms with E-state index in [9.17, 15) is 5.26 Å². The minimum atomic E-state index is 0.412. The molecule has 2 aromatic carbocycles. The average molecular weight is 488 g/mol. The monoisotopic (exact) mass is 487 g/mol. The third kappa shape index (κ3) is 4.66. The van der Waals surface area contributed by atoms with Crippen LogP contribution in [0.25, 0.3) is 16.7 Å². The lowest BCUT2D eigenvalue weighted by Gasteiger charge is -2.16. The van der Waals surface area contributed by atoms with Crippen LogP contribution in [-0.4, -0.2) is 24.7 Å². The summed E-state index contributed by atoms with van der Waals surface area (Å²) >= 11 is 0. The van der Waals surface area contributed by atoms with Gasteiger partial charge in [-0.3, -0.25) is 0 Å². The Hall–Kier alpha value is -4.57. The maximum Gasteiger partial charge on any atom is 0.156 e. The molecule has 0 amide bonds. The molecule has 0 aliphatic carbocycles. The third-order valence-corrected chi connectivity index (χ3v) is 6.61. The summed E-state index contributed by atoms with van der Waals surface area (Å²) in [6, 6.07) is 17.0. The van der Waals surface area contributed by atoms with Crippen LogP contribution in [0.2, 0.25) is 0 Å². The number of nitrogens with zero attached hydrogens (tertiary/aromatic N) is 6. The average Bonchev–Trinajstić information content (AvgIpc) is 3.25. The number of benzene rings is 2. The van der Waals surface area contributed by atoms with Crippen molar-refractivity contribution >= 4 is 22.5 Å². The molecular formula is C30H29N7. The Kier molecular flexibility index (Phi) is 6.18. The largest absolute Gasteiger partial charge is 0.323 e. The van der Waals surface area contributed by atoms with E-state index < -0.39 is 0 Å². The minimum absolute atomic E-state index is 0.412. The summed E-state index contributed by atoms with van der Waals surface area (Å²) in [7, 11) is 0. The van der Waals surface area contributed by atoms with Crippen molar-refractivity contribution in [3.05, 3.63) is 99.1 Å². The van der Waals surface area contributed by atoms with E-state index in [1.54, 1.807) is 10.9 Å². The van der Waals surface area contributed by atoms with Gasteiger partial charge in [-0.05, 0) is 70.4 Å². The van der Waals surface area contributed by atoms with Crippen molar-refractivity contribution in [2.75, 3.05) is 5.32 Å². The van der Waals surface area contributed by atoms with Gasteiger partial charge in [-0.2, -0.15) is 15.0 Å². The number of pyridine rings is 1. The molecule has 0 fully saturated rings. The molecule has 3 heterocycles. The summed E-state index contributed by atoms with van der Waals surface area (Å²) < 4.78 is 1.69. The maximum atomic E-state index is 9.90. The van der Waals surface area contributed by atoms with Crippen molar-refractivity contribution in [2.24, 2.45) is 0 Å². The topological polar surface area (TPSA) is 92.3 Å². The van der Waals surface area contributed by atoms with Crippen molar-refractivity contribution in [3.63, 3.8) is 0 Å². The highest BCUT2D eigenvalue weighted by atomic mass is 15.4. The quantitative estimate of drug-likeness (QED) is 0.314. The second kappa shape index (κ2) is 9.47. The van der Waals surface area contributed by atoms with Crippen molar-refractivity contribution < 1.29 is 0 Å². The number of hydrogen-bond acceptors (Lipinski definition) is 6. The molecular weight excluding hydrogens is 458 g/mol. The van der Waals surface area contributed by atoms with Gasteiger partial charge in [-0.1, -0.05) is 41.5 Å². The first-order chi connectivity index (χ1) is 17.7. The van der Waals surface area contributed by atoms with Crippen molar-refractivity contribution in [3.8, 4) is 11.9 Å². The SMILES string of the molecule is Cc1ccc(Cc2c(C)nc(C)nc2Nc2c(C#N)cnn2-c2cc(C)c3cc(C)cc(C)c3n2)cc1. The second-order valence-corrected chi connectivity index (χ2v) is 9.68.